The van der Waals surface area contributed by atoms with Gasteiger partial charge in [-0.1, -0.05) is 37.9 Å². The SMILES string of the molecule is Cc1ccc(C(=O)NCC2(CBr)CC2)cc1Br. The smallest absolute Gasteiger partial charge is 0.251 e. The van der Waals surface area contributed by atoms with Crippen LogP contribution in [-0.4, -0.2) is 17.8 Å². The first-order valence-electron chi connectivity index (χ1n) is 5.67. The number of hydrogen-bond donors (Lipinski definition) is 1. The Labute approximate surface area is 118 Å². The fourth-order valence-corrected chi connectivity index (χ4v) is 2.78. The molecule has 1 aliphatic rings. The molecule has 0 bridgehead atoms. The van der Waals surface area contributed by atoms with Gasteiger partial charge in [0.25, 0.3) is 5.91 Å². The molecule has 1 aliphatic carbocycles. The number of aryl methyl sites for hydroxylation is 1. The zero-order chi connectivity index (χ0) is 12.5. The van der Waals surface area contributed by atoms with Gasteiger partial charge in [0.2, 0.25) is 0 Å². The first kappa shape index (κ1) is 13.1. The van der Waals surface area contributed by atoms with E-state index in [1.54, 1.807) is 0 Å². The third-order valence-electron chi connectivity index (χ3n) is 3.30. The molecule has 1 amide bonds. The van der Waals surface area contributed by atoms with Crippen molar-refractivity contribution in [3.63, 3.8) is 0 Å². The van der Waals surface area contributed by atoms with E-state index in [4.69, 9.17) is 0 Å². The van der Waals surface area contributed by atoms with Crippen LogP contribution in [0.25, 0.3) is 0 Å². The summed E-state index contributed by atoms with van der Waals surface area (Å²) in [6, 6.07) is 5.69. The average molecular weight is 361 g/mol. The summed E-state index contributed by atoms with van der Waals surface area (Å²) in [6.07, 6.45) is 2.41. The Morgan fingerprint density at radius 2 is 2.18 bits per heavy atom. The Balaban J connectivity index is 1.97. The summed E-state index contributed by atoms with van der Waals surface area (Å²) in [5.74, 6) is 0.0120. The molecule has 0 spiro atoms. The van der Waals surface area contributed by atoms with Crippen LogP contribution in [0.1, 0.15) is 28.8 Å². The molecule has 0 unspecified atom stereocenters. The fourth-order valence-electron chi connectivity index (χ4n) is 1.64. The van der Waals surface area contributed by atoms with Crippen molar-refractivity contribution in [1.82, 2.24) is 5.32 Å². The Hall–Kier alpha value is -0.350. The Kier molecular flexibility index (Phi) is 3.93. The van der Waals surface area contributed by atoms with E-state index >= 15 is 0 Å². The number of hydrogen-bond acceptors (Lipinski definition) is 1. The lowest BCUT2D eigenvalue weighted by Gasteiger charge is -2.13. The van der Waals surface area contributed by atoms with Crippen LogP contribution in [0.4, 0.5) is 0 Å². The zero-order valence-corrected chi connectivity index (χ0v) is 12.9. The van der Waals surface area contributed by atoms with Crippen LogP contribution in [0, 0.1) is 12.3 Å². The molecule has 0 heterocycles. The number of carbonyl (C=O) groups excluding carboxylic acids is 1. The molecule has 1 saturated carbocycles. The molecule has 92 valence electrons. The fraction of sp³-hybridized carbons (Fsp3) is 0.462. The number of carbonyl (C=O) groups is 1. The lowest BCUT2D eigenvalue weighted by Crippen LogP contribution is -2.30. The maximum absolute atomic E-state index is 12.0. The molecule has 4 heteroatoms. The maximum atomic E-state index is 12.0. The highest BCUT2D eigenvalue weighted by molar-refractivity contribution is 9.10. The predicted octanol–water partition coefficient (Wildman–Crippen LogP) is 3.66. The number of halogens is 2. The molecule has 0 radical (unpaired) electrons. The summed E-state index contributed by atoms with van der Waals surface area (Å²) >= 11 is 6.95. The van der Waals surface area contributed by atoms with Crippen molar-refractivity contribution in [3.8, 4) is 0 Å². The van der Waals surface area contributed by atoms with Crippen LogP contribution < -0.4 is 5.32 Å². The number of amides is 1. The van der Waals surface area contributed by atoms with E-state index in [0.29, 0.717) is 11.0 Å². The van der Waals surface area contributed by atoms with Gasteiger partial charge >= 0.3 is 0 Å². The molecular weight excluding hydrogens is 346 g/mol. The van der Waals surface area contributed by atoms with Crippen LogP contribution in [0.3, 0.4) is 0 Å². The zero-order valence-electron chi connectivity index (χ0n) is 9.72. The topological polar surface area (TPSA) is 29.1 Å². The van der Waals surface area contributed by atoms with Gasteiger partial charge in [0.1, 0.15) is 0 Å². The summed E-state index contributed by atoms with van der Waals surface area (Å²) in [5, 5.41) is 3.98. The largest absolute Gasteiger partial charge is 0.351 e. The first-order chi connectivity index (χ1) is 8.06. The van der Waals surface area contributed by atoms with Crippen molar-refractivity contribution >= 4 is 37.8 Å². The molecule has 1 aromatic carbocycles. The van der Waals surface area contributed by atoms with Crippen molar-refractivity contribution in [3.05, 3.63) is 33.8 Å². The van der Waals surface area contributed by atoms with Crippen molar-refractivity contribution in [2.75, 3.05) is 11.9 Å². The van der Waals surface area contributed by atoms with E-state index in [1.807, 2.05) is 25.1 Å². The van der Waals surface area contributed by atoms with Gasteiger partial charge in [-0.25, -0.2) is 0 Å². The summed E-state index contributed by atoms with van der Waals surface area (Å²) in [4.78, 5) is 12.0. The monoisotopic (exact) mass is 359 g/mol. The molecule has 1 aromatic rings. The molecule has 2 nitrogen and oxygen atoms in total. The van der Waals surface area contributed by atoms with E-state index in [0.717, 1.165) is 21.9 Å². The second-order valence-corrected chi connectivity index (χ2v) is 6.20. The van der Waals surface area contributed by atoms with E-state index in [2.05, 4.69) is 37.2 Å². The Morgan fingerprint density at radius 3 is 2.71 bits per heavy atom. The molecular formula is C13H15Br2NO. The van der Waals surface area contributed by atoms with Crippen molar-refractivity contribution in [2.24, 2.45) is 5.41 Å². The van der Waals surface area contributed by atoms with Crippen LogP contribution in [0.15, 0.2) is 22.7 Å². The molecule has 1 N–H and O–H groups in total. The van der Waals surface area contributed by atoms with Crippen LogP contribution >= 0.6 is 31.9 Å². The predicted molar refractivity (Wildman–Crippen MR) is 76.7 cm³/mol. The van der Waals surface area contributed by atoms with Gasteiger partial charge in [0.05, 0.1) is 0 Å². The second kappa shape index (κ2) is 5.11. The summed E-state index contributed by atoms with van der Waals surface area (Å²) in [6.45, 7) is 2.78. The third-order valence-corrected chi connectivity index (χ3v) is 5.34. The third kappa shape index (κ3) is 3.10. The second-order valence-electron chi connectivity index (χ2n) is 4.78. The van der Waals surface area contributed by atoms with Gasteiger partial charge in [-0.05, 0) is 42.9 Å². The van der Waals surface area contributed by atoms with E-state index in [1.165, 1.54) is 12.8 Å². The molecule has 17 heavy (non-hydrogen) atoms. The molecule has 1 fully saturated rings. The number of alkyl halides is 1. The average Bonchev–Trinajstić information content (AvgIpc) is 3.10. The maximum Gasteiger partial charge on any atom is 0.251 e. The van der Waals surface area contributed by atoms with E-state index < -0.39 is 0 Å². The minimum absolute atomic E-state index is 0.0120. The highest BCUT2D eigenvalue weighted by Gasteiger charge is 2.41. The standard InChI is InChI=1S/C13H15Br2NO/c1-9-2-3-10(6-11(9)15)12(17)16-8-13(7-14)4-5-13/h2-3,6H,4-5,7-8H2,1H3,(H,16,17). The lowest BCUT2D eigenvalue weighted by atomic mass is 10.1. The Morgan fingerprint density at radius 1 is 1.47 bits per heavy atom. The van der Waals surface area contributed by atoms with Crippen LogP contribution in [0.5, 0.6) is 0 Å². The van der Waals surface area contributed by atoms with Crippen molar-refractivity contribution < 1.29 is 4.79 Å². The lowest BCUT2D eigenvalue weighted by molar-refractivity contribution is 0.0946. The molecule has 0 atom stereocenters. The summed E-state index contributed by atoms with van der Waals surface area (Å²) in [5.41, 5.74) is 2.17. The Bertz CT molecular complexity index is 441. The normalized spacial score (nSPS) is 16.6. The highest BCUT2D eigenvalue weighted by atomic mass is 79.9. The number of benzene rings is 1. The van der Waals surface area contributed by atoms with Gasteiger partial charge in [-0.2, -0.15) is 0 Å². The van der Waals surface area contributed by atoms with Gasteiger partial charge in [0, 0.05) is 21.9 Å². The van der Waals surface area contributed by atoms with Crippen molar-refractivity contribution in [1.29, 1.82) is 0 Å². The quantitative estimate of drug-likeness (QED) is 0.815. The van der Waals surface area contributed by atoms with Gasteiger partial charge in [-0.15, -0.1) is 0 Å². The van der Waals surface area contributed by atoms with E-state index in [-0.39, 0.29) is 5.91 Å². The first-order valence-corrected chi connectivity index (χ1v) is 7.58. The molecule has 0 aliphatic heterocycles. The minimum atomic E-state index is 0.0120. The molecule has 2 rings (SSSR count). The number of rotatable bonds is 4. The minimum Gasteiger partial charge on any atom is -0.351 e. The summed E-state index contributed by atoms with van der Waals surface area (Å²) in [7, 11) is 0. The van der Waals surface area contributed by atoms with Gasteiger partial charge < -0.3 is 5.32 Å². The van der Waals surface area contributed by atoms with Gasteiger partial charge in [0.15, 0.2) is 0 Å². The van der Waals surface area contributed by atoms with Crippen molar-refractivity contribution in [2.45, 2.75) is 19.8 Å². The number of nitrogens with one attached hydrogen (secondary N) is 1. The van der Waals surface area contributed by atoms with Crippen LogP contribution in [0.2, 0.25) is 0 Å². The van der Waals surface area contributed by atoms with Crippen LogP contribution in [-0.2, 0) is 0 Å². The molecule has 0 aromatic heterocycles. The molecule has 0 saturated heterocycles. The highest BCUT2D eigenvalue weighted by Crippen LogP contribution is 2.46. The van der Waals surface area contributed by atoms with Gasteiger partial charge in [-0.3, -0.25) is 4.79 Å². The van der Waals surface area contributed by atoms with E-state index in [9.17, 15) is 4.79 Å². The summed E-state index contributed by atoms with van der Waals surface area (Å²) < 4.78 is 0.978.